The van der Waals surface area contributed by atoms with Crippen LogP contribution in [0.1, 0.15) is 37.3 Å². The van der Waals surface area contributed by atoms with Crippen molar-refractivity contribution >= 4 is 29.7 Å². The summed E-state index contributed by atoms with van der Waals surface area (Å²) in [5.41, 5.74) is 3.54. The lowest BCUT2D eigenvalue weighted by atomic mass is 9.81. The normalized spacial score (nSPS) is 21.8. The van der Waals surface area contributed by atoms with Crippen LogP contribution in [0.3, 0.4) is 0 Å². The molecule has 0 aromatic heterocycles. The highest BCUT2D eigenvalue weighted by atomic mass is 32.2. The molecule has 2 aromatic carbocycles. The van der Waals surface area contributed by atoms with Crippen molar-refractivity contribution in [2.75, 3.05) is 31.7 Å². The minimum atomic E-state index is -0.997. The lowest BCUT2D eigenvalue weighted by Crippen LogP contribution is -2.49. The molecule has 0 radical (unpaired) electrons. The molecule has 2 aliphatic rings. The first-order valence-corrected chi connectivity index (χ1v) is 13.3. The summed E-state index contributed by atoms with van der Waals surface area (Å²) < 4.78 is 5.64. The number of alkyl carbamates (subject to hydrolysis) is 1. The lowest BCUT2D eigenvalue weighted by Gasteiger charge is -2.26. The van der Waals surface area contributed by atoms with E-state index in [9.17, 15) is 19.5 Å². The number of thioether (sulfide) groups is 1. The molecule has 0 spiro atoms. The molecule has 1 fully saturated rings. The molecule has 2 aromatic rings. The Labute approximate surface area is 210 Å². The van der Waals surface area contributed by atoms with Gasteiger partial charge in [0.15, 0.2) is 0 Å². The maximum absolute atomic E-state index is 13.3. The Bertz CT molecular complexity index is 1080. The van der Waals surface area contributed by atoms with E-state index in [1.807, 2.05) is 37.4 Å². The van der Waals surface area contributed by atoms with Gasteiger partial charge < -0.3 is 20.1 Å². The van der Waals surface area contributed by atoms with Crippen LogP contribution in [-0.2, 0) is 14.3 Å². The van der Waals surface area contributed by atoms with E-state index >= 15 is 0 Å². The number of carbonyl (C=O) groups excluding carboxylic acids is 2. The second kappa shape index (κ2) is 10.3. The van der Waals surface area contributed by atoms with Crippen LogP contribution in [0.5, 0.6) is 0 Å². The number of hydrogen-bond donors (Lipinski definition) is 2. The van der Waals surface area contributed by atoms with E-state index in [2.05, 4.69) is 29.6 Å². The lowest BCUT2D eigenvalue weighted by molar-refractivity contribution is -0.149. The standard InChI is InChI=1S/C27H32N2O5S/c1-17-14-29(16-27(17,2)25(31)32)24(30)23(12-13-35-3)28-26(33)34-15-22-20-10-6-4-8-18(20)19-9-5-7-11-21(19)22/h4-11,17,22-23H,12-16H2,1-3H3,(H,28,33)(H,31,32)/t17?,23-,27?/m1/s1. The van der Waals surface area contributed by atoms with Gasteiger partial charge in [0.2, 0.25) is 5.91 Å². The van der Waals surface area contributed by atoms with Crippen molar-refractivity contribution in [3.63, 3.8) is 0 Å². The van der Waals surface area contributed by atoms with Crippen molar-refractivity contribution in [1.82, 2.24) is 10.2 Å². The number of ether oxygens (including phenoxy) is 1. The van der Waals surface area contributed by atoms with Gasteiger partial charge >= 0.3 is 12.1 Å². The molecule has 186 valence electrons. The van der Waals surface area contributed by atoms with Crippen LogP contribution in [0.25, 0.3) is 11.1 Å². The van der Waals surface area contributed by atoms with E-state index in [1.54, 1.807) is 23.6 Å². The van der Waals surface area contributed by atoms with E-state index in [4.69, 9.17) is 4.74 Å². The van der Waals surface area contributed by atoms with Gasteiger partial charge in [-0.1, -0.05) is 55.5 Å². The maximum Gasteiger partial charge on any atom is 0.407 e. The fourth-order valence-corrected chi connectivity index (χ4v) is 5.56. The molecular formula is C27H32N2O5S. The van der Waals surface area contributed by atoms with Gasteiger partial charge in [0.1, 0.15) is 12.6 Å². The molecule has 4 rings (SSSR count). The molecule has 8 heteroatoms. The summed E-state index contributed by atoms with van der Waals surface area (Å²) >= 11 is 1.58. The van der Waals surface area contributed by atoms with Crippen molar-refractivity contribution in [2.45, 2.75) is 32.2 Å². The van der Waals surface area contributed by atoms with Crippen LogP contribution in [0.4, 0.5) is 4.79 Å². The van der Waals surface area contributed by atoms with Crippen LogP contribution in [0.15, 0.2) is 48.5 Å². The summed E-state index contributed by atoms with van der Waals surface area (Å²) in [6.07, 6.45) is 1.74. The zero-order valence-electron chi connectivity index (χ0n) is 20.3. The molecule has 2 unspecified atom stereocenters. The van der Waals surface area contributed by atoms with Crippen LogP contribution >= 0.6 is 11.8 Å². The molecule has 0 saturated carbocycles. The topological polar surface area (TPSA) is 95.9 Å². The smallest absolute Gasteiger partial charge is 0.407 e. The van der Waals surface area contributed by atoms with Crippen molar-refractivity contribution in [2.24, 2.45) is 11.3 Å². The SMILES string of the molecule is CSCC[C@@H](NC(=O)OCC1c2ccccc2-c2ccccc21)C(=O)N1CC(C)C(C)(C(=O)O)C1. The molecule has 0 bridgehead atoms. The predicted octanol–water partition coefficient (Wildman–Crippen LogP) is 4.22. The summed E-state index contributed by atoms with van der Waals surface area (Å²) in [6, 6.07) is 15.5. The Morgan fingerprint density at radius 2 is 1.74 bits per heavy atom. The number of amides is 2. The zero-order chi connectivity index (χ0) is 25.2. The van der Waals surface area contributed by atoms with E-state index in [0.29, 0.717) is 18.7 Å². The van der Waals surface area contributed by atoms with Gasteiger partial charge in [0.25, 0.3) is 0 Å². The molecule has 2 amide bonds. The van der Waals surface area contributed by atoms with E-state index in [0.717, 1.165) is 22.3 Å². The molecule has 35 heavy (non-hydrogen) atoms. The molecule has 7 nitrogen and oxygen atoms in total. The van der Waals surface area contributed by atoms with Crippen LogP contribution in [0.2, 0.25) is 0 Å². The first-order valence-electron chi connectivity index (χ1n) is 11.9. The van der Waals surface area contributed by atoms with Gasteiger partial charge in [-0.25, -0.2) is 4.79 Å². The fraction of sp³-hybridized carbons (Fsp3) is 0.444. The quantitative estimate of drug-likeness (QED) is 0.568. The summed E-state index contributed by atoms with van der Waals surface area (Å²) in [7, 11) is 0. The Hall–Kier alpha value is -3.00. The summed E-state index contributed by atoms with van der Waals surface area (Å²) in [5, 5.41) is 12.4. The Kier molecular flexibility index (Phi) is 7.40. The summed E-state index contributed by atoms with van der Waals surface area (Å²) in [6.45, 7) is 4.16. The number of aliphatic carboxylic acids is 1. The maximum atomic E-state index is 13.3. The molecular weight excluding hydrogens is 464 g/mol. The van der Waals surface area contributed by atoms with Gasteiger partial charge in [-0.3, -0.25) is 9.59 Å². The monoisotopic (exact) mass is 496 g/mol. The fourth-order valence-electron chi connectivity index (χ4n) is 5.09. The predicted molar refractivity (Wildman–Crippen MR) is 136 cm³/mol. The number of carbonyl (C=O) groups is 3. The highest BCUT2D eigenvalue weighted by Crippen LogP contribution is 2.44. The number of carboxylic acid groups (broad SMARTS) is 1. The number of likely N-dealkylation sites (tertiary alicyclic amines) is 1. The molecule has 1 aliphatic carbocycles. The van der Waals surface area contributed by atoms with Crippen molar-refractivity contribution in [1.29, 1.82) is 0 Å². The Morgan fingerprint density at radius 3 is 2.29 bits per heavy atom. The molecule has 1 saturated heterocycles. The van der Waals surface area contributed by atoms with Crippen LogP contribution in [0, 0.1) is 11.3 Å². The van der Waals surface area contributed by atoms with Crippen molar-refractivity contribution in [3.05, 3.63) is 59.7 Å². The third kappa shape index (κ3) is 4.89. The minimum absolute atomic E-state index is 0.0656. The number of fused-ring (bicyclic) bond motifs is 3. The van der Waals surface area contributed by atoms with Crippen LogP contribution in [-0.4, -0.2) is 65.7 Å². The first-order chi connectivity index (χ1) is 16.8. The van der Waals surface area contributed by atoms with Gasteiger partial charge in [-0.15, -0.1) is 0 Å². The zero-order valence-corrected chi connectivity index (χ0v) is 21.1. The average molecular weight is 497 g/mol. The second-order valence-electron chi connectivity index (χ2n) is 9.65. The third-order valence-electron chi connectivity index (χ3n) is 7.45. The third-order valence-corrected chi connectivity index (χ3v) is 8.09. The number of carboxylic acids is 1. The van der Waals surface area contributed by atoms with Gasteiger partial charge in [-0.05, 0) is 53.5 Å². The molecule has 3 atom stereocenters. The number of rotatable bonds is 8. The Balaban J connectivity index is 1.43. The van der Waals surface area contributed by atoms with Crippen LogP contribution < -0.4 is 5.32 Å². The van der Waals surface area contributed by atoms with E-state index < -0.39 is 23.5 Å². The number of benzene rings is 2. The molecule has 1 aliphatic heterocycles. The van der Waals surface area contributed by atoms with Crippen molar-refractivity contribution in [3.8, 4) is 11.1 Å². The Morgan fingerprint density at radius 1 is 1.14 bits per heavy atom. The summed E-state index contributed by atoms with van der Waals surface area (Å²) in [5.74, 6) is -0.738. The number of nitrogens with one attached hydrogen (secondary N) is 1. The van der Waals surface area contributed by atoms with Gasteiger partial charge in [0.05, 0.1) is 5.41 Å². The van der Waals surface area contributed by atoms with Gasteiger partial charge in [-0.2, -0.15) is 11.8 Å². The first kappa shape index (κ1) is 25.1. The van der Waals surface area contributed by atoms with E-state index in [1.165, 1.54) is 0 Å². The molecule has 2 N–H and O–H groups in total. The minimum Gasteiger partial charge on any atom is -0.481 e. The average Bonchev–Trinajstić information content (AvgIpc) is 3.34. The highest BCUT2D eigenvalue weighted by Gasteiger charge is 2.48. The number of hydrogen-bond acceptors (Lipinski definition) is 5. The highest BCUT2D eigenvalue weighted by molar-refractivity contribution is 7.98. The number of nitrogens with zero attached hydrogens (tertiary/aromatic N) is 1. The van der Waals surface area contributed by atoms with Crippen molar-refractivity contribution < 1.29 is 24.2 Å². The summed E-state index contributed by atoms with van der Waals surface area (Å²) in [4.78, 5) is 39.4. The largest absolute Gasteiger partial charge is 0.481 e. The second-order valence-corrected chi connectivity index (χ2v) is 10.6. The molecule has 1 heterocycles. The van der Waals surface area contributed by atoms with E-state index in [-0.39, 0.29) is 30.9 Å². The van der Waals surface area contributed by atoms with Gasteiger partial charge in [0, 0.05) is 19.0 Å².